The van der Waals surface area contributed by atoms with E-state index in [1.165, 1.54) is 12.1 Å². The second kappa shape index (κ2) is 7.31. The van der Waals surface area contributed by atoms with Crippen LogP contribution in [-0.2, 0) is 4.79 Å². The van der Waals surface area contributed by atoms with E-state index < -0.39 is 4.92 Å². The third-order valence-electron chi connectivity index (χ3n) is 2.55. The van der Waals surface area contributed by atoms with Crippen LogP contribution in [0.15, 0.2) is 12.1 Å². The Labute approximate surface area is 121 Å². The number of nitrogens with one attached hydrogen (secondary N) is 1. The first-order valence-electron chi connectivity index (χ1n) is 5.76. The van der Waals surface area contributed by atoms with Crippen LogP contribution in [0.1, 0.15) is 24.8 Å². The molecule has 0 aliphatic heterocycles. The maximum Gasteiger partial charge on any atom is 0.288 e. The first kappa shape index (κ1) is 15.7. The highest BCUT2D eigenvalue weighted by Crippen LogP contribution is 2.30. The highest BCUT2D eigenvalue weighted by atomic mass is 35.5. The first-order chi connectivity index (χ1) is 8.95. The fraction of sp³-hybridized carbons (Fsp3) is 0.417. The normalized spacial score (nSPS) is 10.3. The molecule has 1 aromatic rings. The van der Waals surface area contributed by atoms with Gasteiger partial charge in [-0.1, -0.05) is 11.6 Å². The van der Waals surface area contributed by atoms with Gasteiger partial charge in [-0.2, -0.15) is 0 Å². The number of rotatable bonds is 6. The van der Waals surface area contributed by atoms with Crippen molar-refractivity contribution >= 4 is 40.5 Å². The van der Waals surface area contributed by atoms with Crippen molar-refractivity contribution in [2.45, 2.75) is 26.2 Å². The van der Waals surface area contributed by atoms with E-state index in [4.69, 9.17) is 23.2 Å². The number of nitro groups is 1. The fourth-order valence-electron chi connectivity index (χ4n) is 1.53. The number of aryl methyl sites for hydroxylation is 1. The Morgan fingerprint density at radius 1 is 1.42 bits per heavy atom. The number of benzene rings is 1. The number of anilines is 1. The van der Waals surface area contributed by atoms with Gasteiger partial charge in [0.1, 0.15) is 5.02 Å². The second-order valence-electron chi connectivity index (χ2n) is 4.07. The van der Waals surface area contributed by atoms with Gasteiger partial charge in [0.05, 0.1) is 4.92 Å². The second-order valence-corrected chi connectivity index (χ2v) is 4.86. The molecule has 0 heterocycles. The number of hydrogen-bond acceptors (Lipinski definition) is 3. The topological polar surface area (TPSA) is 72.2 Å². The molecule has 0 saturated carbocycles. The van der Waals surface area contributed by atoms with Crippen molar-refractivity contribution < 1.29 is 9.72 Å². The minimum Gasteiger partial charge on any atom is -0.326 e. The molecule has 0 aromatic heterocycles. The Morgan fingerprint density at radius 3 is 2.68 bits per heavy atom. The van der Waals surface area contributed by atoms with E-state index in [0.717, 1.165) is 6.42 Å². The molecule has 1 rings (SSSR count). The van der Waals surface area contributed by atoms with Gasteiger partial charge in [0.2, 0.25) is 5.91 Å². The van der Waals surface area contributed by atoms with Crippen LogP contribution in [0.4, 0.5) is 11.4 Å². The summed E-state index contributed by atoms with van der Waals surface area (Å²) in [5.41, 5.74) is 0.924. The predicted molar refractivity (Wildman–Crippen MR) is 76.0 cm³/mol. The lowest BCUT2D eigenvalue weighted by molar-refractivity contribution is -0.384. The summed E-state index contributed by atoms with van der Waals surface area (Å²) in [7, 11) is 0. The van der Waals surface area contributed by atoms with Gasteiger partial charge in [0, 0.05) is 24.1 Å². The van der Waals surface area contributed by atoms with Crippen molar-refractivity contribution in [1.82, 2.24) is 0 Å². The number of nitrogens with zero attached hydrogens (tertiary/aromatic N) is 1. The van der Waals surface area contributed by atoms with E-state index in [1.54, 1.807) is 6.92 Å². The van der Waals surface area contributed by atoms with Gasteiger partial charge in [-0.3, -0.25) is 14.9 Å². The summed E-state index contributed by atoms with van der Waals surface area (Å²) < 4.78 is 0. The molecule has 0 aliphatic carbocycles. The molecule has 0 radical (unpaired) electrons. The predicted octanol–water partition coefficient (Wildman–Crippen LogP) is 3.90. The summed E-state index contributed by atoms with van der Waals surface area (Å²) in [5, 5.41) is 13.4. The minimum absolute atomic E-state index is 0.00616. The van der Waals surface area contributed by atoms with Gasteiger partial charge in [-0.15, -0.1) is 11.6 Å². The average molecular weight is 305 g/mol. The van der Waals surface area contributed by atoms with Gasteiger partial charge in [-0.25, -0.2) is 0 Å². The van der Waals surface area contributed by atoms with E-state index >= 15 is 0 Å². The van der Waals surface area contributed by atoms with E-state index in [-0.39, 0.29) is 16.6 Å². The largest absolute Gasteiger partial charge is 0.326 e. The van der Waals surface area contributed by atoms with Crippen molar-refractivity contribution in [3.63, 3.8) is 0 Å². The molecule has 104 valence electrons. The first-order valence-corrected chi connectivity index (χ1v) is 6.67. The molecule has 1 aromatic carbocycles. The van der Waals surface area contributed by atoms with Gasteiger partial charge >= 0.3 is 0 Å². The average Bonchev–Trinajstić information content (AvgIpc) is 2.33. The molecule has 19 heavy (non-hydrogen) atoms. The summed E-state index contributed by atoms with van der Waals surface area (Å²) in [6, 6.07) is 2.74. The van der Waals surface area contributed by atoms with E-state index in [9.17, 15) is 14.9 Å². The lowest BCUT2D eigenvalue weighted by Crippen LogP contribution is -2.12. The molecule has 0 fully saturated rings. The molecule has 0 saturated heterocycles. The van der Waals surface area contributed by atoms with Crippen LogP contribution in [-0.4, -0.2) is 16.7 Å². The Balaban J connectivity index is 2.77. The molecule has 0 aliphatic rings. The summed E-state index contributed by atoms with van der Waals surface area (Å²) in [6.45, 7) is 1.68. The van der Waals surface area contributed by atoms with Crippen molar-refractivity contribution in [2.24, 2.45) is 0 Å². The Bertz CT molecular complexity index is 492. The lowest BCUT2D eigenvalue weighted by Gasteiger charge is -2.09. The molecular weight excluding hydrogens is 291 g/mol. The number of alkyl halides is 1. The standard InChI is InChI=1S/C12H14Cl2N2O3/c1-8-6-11(16(18)19)9(14)7-10(8)15-12(17)4-2-3-5-13/h6-7H,2-5H2,1H3,(H,15,17). The Hall–Kier alpha value is -1.33. The summed E-state index contributed by atoms with van der Waals surface area (Å²) in [6.07, 6.45) is 1.84. The zero-order valence-electron chi connectivity index (χ0n) is 10.4. The molecule has 5 nitrogen and oxygen atoms in total. The number of halogens is 2. The van der Waals surface area contributed by atoms with E-state index in [0.29, 0.717) is 30.0 Å². The van der Waals surface area contributed by atoms with Crippen LogP contribution < -0.4 is 5.32 Å². The van der Waals surface area contributed by atoms with Crippen molar-refractivity contribution in [3.8, 4) is 0 Å². The summed E-state index contributed by atoms with van der Waals surface area (Å²) >= 11 is 11.3. The molecule has 0 atom stereocenters. The zero-order chi connectivity index (χ0) is 14.4. The van der Waals surface area contributed by atoms with Crippen LogP contribution in [0, 0.1) is 17.0 Å². The van der Waals surface area contributed by atoms with Gasteiger partial charge in [-0.05, 0) is 31.4 Å². The van der Waals surface area contributed by atoms with Gasteiger partial charge in [0.25, 0.3) is 5.69 Å². The smallest absolute Gasteiger partial charge is 0.288 e. The number of nitro benzene ring substituents is 1. The number of unbranched alkanes of at least 4 members (excludes halogenated alkanes) is 1. The molecular formula is C12H14Cl2N2O3. The maximum absolute atomic E-state index is 11.6. The van der Waals surface area contributed by atoms with Crippen molar-refractivity contribution in [3.05, 3.63) is 32.8 Å². The third kappa shape index (κ3) is 4.69. The molecule has 0 spiro atoms. The number of carbonyl (C=O) groups excluding carboxylic acids is 1. The third-order valence-corrected chi connectivity index (χ3v) is 3.12. The van der Waals surface area contributed by atoms with Gasteiger partial charge < -0.3 is 5.32 Å². The maximum atomic E-state index is 11.6. The SMILES string of the molecule is Cc1cc([N+](=O)[O-])c(Cl)cc1NC(=O)CCCCCl. The fourth-order valence-corrected chi connectivity index (χ4v) is 1.96. The quantitative estimate of drug-likeness (QED) is 0.375. The summed E-state index contributed by atoms with van der Waals surface area (Å²) in [4.78, 5) is 21.8. The van der Waals surface area contributed by atoms with Crippen LogP contribution in [0.3, 0.4) is 0 Å². The van der Waals surface area contributed by atoms with Crippen molar-refractivity contribution in [2.75, 3.05) is 11.2 Å². The molecule has 0 unspecified atom stereocenters. The Kier molecular flexibility index (Phi) is 6.05. The monoisotopic (exact) mass is 304 g/mol. The zero-order valence-corrected chi connectivity index (χ0v) is 11.9. The van der Waals surface area contributed by atoms with E-state index in [1.807, 2.05) is 0 Å². The van der Waals surface area contributed by atoms with Crippen LogP contribution in [0.5, 0.6) is 0 Å². The summed E-state index contributed by atoms with van der Waals surface area (Å²) in [5.74, 6) is 0.369. The molecule has 7 heteroatoms. The minimum atomic E-state index is -0.554. The molecule has 1 amide bonds. The van der Waals surface area contributed by atoms with Crippen LogP contribution >= 0.6 is 23.2 Å². The van der Waals surface area contributed by atoms with E-state index in [2.05, 4.69) is 5.32 Å². The highest BCUT2D eigenvalue weighted by molar-refractivity contribution is 6.33. The number of hydrogen-bond donors (Lipinski definition) is 1. The van der Waals surface area contributed by atoms with Gasteiger partial charge in [0.15, 0.2) is 0 Å². The number of carbonyl (C=O) groups is 1. The number of amides is 1. The Morgan fingerprint density at radius 2 is 2.11 bits per heavy atom. The molecule has 1 N–H and O–H groups in total. The van der Waals surface area contributed by atoms with Crippen LogP contribution in [0.2, 0.25) is 5.02 Å². The molecule has 0 bridgehead atoms. The van der Waals surface area contributed by atoms with Crippen LogP contribution in [0.25, 0.3) is 0 Å². The lowest BCUT2D eigenvalue weighted by atomic mass is 10.1. The van der Waals surface area contributed by atoms with Crippen molar-refractivity contribution in [1.29, 1.82) is 0 Å². The highest BCUT2D eigenvalue weighted by Gasteiger charge is 2.15.